The van der Waals surface area contributed by atoms with Crippen LogP contribution in [0, 0.1) is 6.92 Å². The fraction of sp³-hybridized carbons (Fsp3) is 0.200. The summed E-state index contributed by atoms with van der Waals surface area (Å²) >= 11 is 3.52. The molecule has 19 heavy (non-hydrogen) atoms. The highest BCUT2D eigenvalue weighted by atomic mass is 79.9. The third-order valence-corrected chi connectivity index (χ3v) is 3.67. The maximum absolute atomic E-state index is 6.09. The predicted octanol–water partition coefficient (Wildman–Crippen LogP) is 4.48. The van der Waals surface area contributed by atoms with Crippen LogP contribution in [-0.4, -0.2) is 6.61 Å². The summed E-state index contributed by atoms with van der Waals surface area (Å²) < 4.78 is 6.55. The summed E-state index contributed by atoms with van der Waals surface area (Å²) in [4.78, 5) is 0. The Morgan fingerprint density at radius 1 is 1.26 bits per heavy atom. The van der Waals surface area contributed by atoms with Gasteiger partial charge in [-0.05, 0) is 43.7 Å². The van der Waals surface area contributed by atoms with Crippen molar-refractivity contribution < 1.29 is 4.74 Å². The van der Waals surface area contributed by atoms with Crippen molar-refractivity contribution in [1.29, 1.82) is 0 Å². The summed E-state index contributed by atoms with van der Waals surface area (Å²) in [6.07, 6.45) is 0. The van der Waals surface area contributed by atoms with E-state index in [1.165, 1.54) is 5.56 Å². The molecule has 0 spiro atoms. The molecule has 0 aliphatic carbocycles. The Kier molecular flexibility index (Phi) is 4.32. The first kappa shape index (κ1) is 13.7. The molecule has 4 heteroatoms. The molecular formula is C15H17BrN2O. The van der Waals surface area contributed by atoms with E-state index >= 15 is 0 Å². The summed E-state index contributed by atoms with van der Waals surface area (Å²) in [6.45, 7) is 4.60. The Balaban J connectivity index is 2.27. The van der Waals surface area contributed by atoms with Crippen LogP contribution < -0.4 is 15.8 Å². The normalized spacial score (nSPS) is 10.3. The van der Waals surface area contributed by atoms with Gasteiger partial charge in [0.15, 0.2) is 0 Å². The van der Waals surface area contributed by atoms with Gasteiger partial charge in [-0.25, -0.2) is 0 Å². The zero-order chi connectivity index (χ0) is 13.8. The van der Waals surface area contributed by atoms with E-state index < -0.39 is 0 Å². The molecule has 0 aromatic heterocycles. The van der Waals surface area contributed by atoms with Crippen molar-refractivity contribution in [2.24, 2.45) is 0 Å². The maximum Gasteiger partial charge on any atom is 0.144 e. The third kappa shape index (κ3) is 3.20. The summed E-state index contributed by atoms with van der Waals surface area (Å²) in [6, 6.07) is 11.8. The second kappa shape index (κ2) is 5.97. The first-order valence-corrected chi connectivity index (χ1v) is 6.95. The van der Waals surface area contributed by atoms with E-state index in [1.54, 1.807) is 0 Å². The van der Waals surface area contributed by atoms with Gasteiger partial charge in [-0.3, -0.25) is 0 Å². The Hall–Kier alpha value is -1.68. The quantitative estimate of drug-likeness (QED) is 0.816. The van der Waals surface area contributed by atoms with Crippen molar-refractivity contribution in [3.8, 4) is 5.75 Å². The van der Waals surface area contributed by atoms with E-state index in [4.69, 9.17) is 10.5 Å². The molecule has 2 aromatic rings. The van der Waals surface area contributed by atoms with Crippen LogP contribution in [0.25, 0.3) is 0 Å². The van der Waals surface area contributed by atoms with Crippen molar-refractivity contribution >= 4 is 33.0 Å². The second-order valence-corrected chi connectivity index (χ2v) is 5.09. The molecule has 0 saturated carbocycles. The van der Waals surface area contributed by atoms with Gasteiger partial charge in [-0.2, -0.15) is 0 Å². The lowest BCUT2D eigenvalue weighted by molar-refractivity contribution is 0.342. The van der Waals surface area contributed by atoms with E-state index in [0.717, 1.165) is 15.8 Å². The molecule has 0 fully saturated rings. The molecule has 0 unspecified atom stereocenters. The first-order chi connectivity index (χ1) is 9.11. The second-order valence-electron chi connectivity index (χ2n) is 4.24. The highest BCUT2D eigenvalue weighted by molar-refractivity contribution is 9.10. The number of ether oxygens (including phenoxy) is 1. The molecule has 0 amide bonds. The van der Waals surface area contributed by atoms with Gasteiger partial charge in [-0.1, -0.05) is 28.1 Å². The van der Waals surface area contributed by atoms with Crippen molar-refractivity contribution in [3.05, 3.63) is 46.4 Å². The van der Waals surface area contributed by atoms with Gasteiger partial charge < -0.3 is 15.8 Å². The molecule has 2 aromatic carbocycles. The van der Waals surface area contributed by atoms with Gasteiger partial charge in [0.05, 0.1) is 18.0 Å². The van der Waals surface area contributed by atoms with Crippen molar-refractivity contribution in [2.45, 2.75) is 13.8 Å². The Morgan fingerprint density at radius 2 is 2.05 bits per heavy atom. The van der Waals surface area contributed by atoms with Crippen LogP contribution in [0.2, 0.25) is 0 Å². The number of rotatable bonds is 4. The summed E-state index contributed by atoms with van der Waals surface area (Å²) in [5.41, 5.74) is 9.74. The number of halogens is 1. The van der Waals surface area contributed by atoms with E-state index in [2.05, 4.69) is 34.2 Å². The molecule has 0 heterocycles. The number of aryl methyl sites for hydroxylation is 1. The average Bonchev–Trinajstić information content (AvgIpc) is 2.39. The number of nitrogen functional groups attached to an aromatic ring is 1. The van der Waals surface area contributed by atoms with E-state index in [1.807, 2.05) is 37.3 Å². The van der Waals surface area contributed by atoms with E-state index in [9.17, 15) is 0 Å². The van der Waals surface area contributed by atoms with Gasteiger partial charge >= 0.3 is 0 Å². The average molecular weight is 321 g/mol. The summed E-state index contributed by atoms with van der Waals surface area (Å²) in [5.74, 6) is 0.707. The van der Waals surface area contributed by atoms with Crippen LogP contribution >= 0.6 is 15.9 Å². The van der Waals surface area contributed by atoms with E-state index in [0.29, 0.717) is 18.0 Å². The Labute approximate surface area is 121 Å². The number of anilines is 3. The van der Waals surface area contributed by atoms with Crippen LogP contribution in [0.15, 0.2) is 40.9 Å². The molecule has 0 bridgehead atoms. The van der Waals surface area contributed by atoms with Gasteiger partial charge in [-0.15, -0.1) is 0 Å². The van der Waals surface area contributed by atoms with Crippen molar-refractivity contribution in [1.82, 2.24) is 0 Å². The lowest BCUT2D eigenvalue weighted by atomic mass is 10.2. The van der Waals surface area contributed by atoms with Crippen LogP contribution in [0.1, 0.15) is 12.5 Å². The number of para-hydroxylation sites is 1. The Morgan fingerprint density at radius 3 is 2.74 bits per heavy atom. The lowest BCUT2D eigenvalue weighted by Crippen LogP contribution is -2.01. The van der Waals surface area contributed by atoms with Crippen LogP contribution in [0.5, 0.6) is 5.75 Å². The van der Waals surface area contributed by atoms with Gasteiger partial charge in [0, 0.05) is 10.2 Å². The number of nitrogens with two attached hydrogens (primary N) is 1. The SMILES string of the molecule is CCOc1cccc(Nc2ccc(C)c(Br)c2)c1N. The van der Waals surface area contributed by atoms with Crippen LogP contribution in [0.3, 0.4) is 0 Å². The highest BCUT2D eigenvalue weighted by Crippen LogP contribution is 2.32. The predicted molar refractivity (Wildman–Crippen MR) is 84.2 cm³/mol. The lowest BCUT2D eigenvalue weighted by Gasteiger charge is -2.13. The molecule has 100 valence electrons. The highest BCUT2D eigenvalue weighted by Gasteiger charge is 2.06. The molecule has 0 saturated heterocycles. The molecule has 0 atom stereocenters. The molecule has 2 rings (SSSR count). The molecular weight excluding hydrogens is 304 g/mol. The molecule has 0 aliphatic rings. The van der Waals surface area contributed by atoms with Gasteiger partial charge in [0.25, 0.3) is 0 Å². The molecule has 3 N–H and O–H groups in total. The van der Waals surface area contributed by atoms with Crippen molar-refractivity contribution in [2.75, 3.05) is 17.7 Å². The van der Waals surface area contributed by atoms with Crippen molar-refractivity contribution in [3.63, 3.8) is 0 Å². The maximum atomic E-state index is 6.09. The zero-order valence-corrected chi connectivity index (χ0v) is 12.6. The summed E-state index contributed by atoms with van der Waals surface area (Å²) in [5, 5.41) is 3.30. The minimum atomic E-state index is 0.601. The number of nitrogens with one attached hydrogen (secondary N) is 1. The minimum Gasteiger partial charge on any atom is -0.492 e. The standard InChI is InChI=1S/C15H17BrN2O/c1-3-19-14-6-4-5-13(15(14)17)18-11-8-7-10(2)12(16)9-11/h4-9,18H,3,17H2,1-2H3. The minimum absolute atomic E-state index is 0.601. The van der Waals surface area contributed by atoms with Gasteiger partial charge in [0.2, 0.25) is 0 Å². The Bertz CT molecular complexity index is 584. The topological polar surface area (TPSA) is 47.3 Å². The summed E-state index contributed by atoms with van der Waals surface area (Å²) in [7, 11) is 0. The third-order valence-electron chi connectivity index (χ3n) is 2.82. The smallest absolute Gasteiger partial charge is 0.144 e. The largest absolute Gasteiger partial charge is 0.492 e. The molecule has 3 nitrogen and oxygen atoms in total. The fourth-order valence-electron chi connectivity index (χ4n) is 1.76. The fourth-order valence-corrected chi connectivity index (χ4v) is 2.14. The molecule has 0 radical (unpaired) electrons. The monoisotopic (exact) mass is 320 g/mol. The number of hydrogen-bond acceptors (Lipinski definition) is 3. The van der Waals surface area contributed by atoms with Crippen LogP contribution in [0.4, 0.5) is 17.1 Å². The zero-order valence-electron chi connectivity index (χ0n) is 11.0. The molecule has 0 aliphatic heterocycles. The number of hydrogen-bond donors (Lipinski definition) is 2. The first-order valence-electron chi connectivity index (χ1n) is 6.16. The van der Waals surface area contributed by atoms with E-state index in [-0.39, 0.29) is 0 Å². The van der Waals surface area contributed by atoms with Crippen LogP contribution in [-0.2, 0) is 0 Å². The van der Waals surface area contributed by atoms with Gasteiger partial charge in [0.1, 0.15) is 5.75 Å². The number of benzene rings is 2.